The molecule has 1 aliphatic rings. The number of benzene rings is 2. The summed E-state index contributed by atoms with van der Waals surface area (Å²) in [5.41, 5.74) is -1.13. The Morgan fingerprint density at radius 1 is 0.870 bits per heavy atom. The number of nitrogens with one attached hydrogen (secondary N) is 3. The first-order chi connectivity index (χ1) is 21.9. The molecule has 0 spiro atoms. The number of anilines is 2. The molecule has 20 heteroatoms. The van der Waals surface area contributed by atoms with Gasteiger partial charge in [-0.2, -0.15) is 4.31 Å². The molecule has 5 N–H and O–H groups in total. The molecule has 18 nitrogen and oxygen atoms in total. The van der Waals surface area contributed by atoms with Crippen molar-refractivity contribution >= 4 is 39.2 Å². The van der Waals surface area contributed by atoms with Gasteiger partial charge in [0.25, 0.3) is 5.56 Å². The highest BCUT2D eigenvalue weighted by Gasteiger charge is 2.52. The Bertz CT molecular complexity index is 1700. The molecule has 2 aromatic carbocycles. The Morgan fingerprint density at radius 2 is 1.41 bits per heavy atom. The molecule has 2 heterocycles. The topological polar surface area (TPSA) is 243 Å². The first-order valence-electron chi connectivity index (χ1n) is 13.5. The Hall–Kier alpha value is -4.12. The van der Waals surface area contributed by atoms with E-state index in [2.05, 4.69) is 19.5 Å². The van der Waals surface area contributed by atoms with Crippen LogP contribution in [0.3, 0.4) is 0 Å². The van der Waals surface area contributed by atoms with Crippen LogP contribution >= 0.6 is 15.6 Å². The molecular formula is C26H30N4O14P2. The molecule has 3 aromatic rings. The zero-order valence-corrected chi connectivity index (χ0v) is 25.8. The fraction of sp³-hybridized carbons (Fsp3) is 0.308. The van der Waals surface area contributed by atoms with Crippen molar-refractivity contribution in [1.29, 1.82) is 0 Å². The number of hydrogen-bond donors (Lipinski definition) is 5. The Labute approximate surface area is 260 Å². The SMILES string of the molecule is CCCOP(=O)(O)OP(=O)(O)OC[C@H]1O[C@@H](n2ccc(=O)[nH]c2=O)C(OC(=O)Nc2ccccc2)[C@H]1OC(=O)Nc1ccccc1. The molecule has 2 amide bonds. The van der Waals surface area contributed by atoms with E-state index >= 15 is 0 Å². The fourth-order valence-corrected chi connectivity index (χ4v) is 6.27. The third-order valence-corrected chi connectivity index (χ3v) is 8.64. The second-order valence-corrected chi connectivity index (χ2v) is 12.5. The lowest BCUT2D eigenvalue weighted by atomic mass is 10.1. The van der Waals surface area contributed by atoms with Crippen molar-refractivity contribution in [3.63, 3.8) is 0 Å². The van der Waals surface area contributed by atoms with Crippen LogP contribution < -0.4 is 21.9 Å². The highest BCUT2D eigenvalue weighted by Crippen LogP contribution is 2.60. The molecule has 1 saturated heterocycles. The summed E-state index contributed by atoms with van der Waals surface area (Å²) in [6.07, 6.45) is -7.36. The predicted octanol–water partition coefficient (Wildman–Crippen LogP) is 3.33. The second kappa shape index (κ2) is 15.4. The molecule has 0 radical (unpaired) electrons. The molecule has 0 saturated carbocycles. The Morgan fingerprint density at radius 3 is 1.96 bits per heavy atom. The van der Waals surface area contributed by atoms with Gasteiger partial charge in [0.05, 0.1) is 13.2 Å². The van der Waals surface area contributed by atoms with Crippen LogP contribution in [0.1, 0.15) is 19.6 Å². The summed E-state index contributed by atoms with van der Waals surface area (Å²) in [5, 5.41) is 4.92. The number of hydrogen-bond acceptors (Lipinski definition) is 12. The Balaban J connectivity index is 1.64. The van der Waals surface area contributed by atoms with Gasteiger partial charge >= 0.3 is 33.5 Å². The molecule has 6 atom stereocenters. The van der Waals surface area contributed by atoms with Gasteiger partial charge in [0.1, 0.15) is 6.10 Å². The van der Waals surface area contributed by atoms with Crippen LogP contribution in [0.15, 0.2) is 82.5 Å². The van der Waals surface area contributed by atoms with Gasteiger partial charge in [-0.1, -0.05) is 43.3 Å². The number of H-pyrrole nitrogens is 1. The van der Waals surface area contributed by atoms with Crippen molar-refractivity contribution in [3.05, 3.63) is 93.8 Å². The molecule has 4 rings (SSSR count). The number of rotatable bonds is 13. The first-order valence-corrected chi connectivity index (χ1v) is 16.5. The lowest BCUT2D eigenvalue weighted by molar-refractivity contribution is -0.0553. The molecule has 0 aliphatic carbocycles. The van der Waals surface area contributed by atoms with Crippen LogP contribution in [0.25, 0.3) is 0 Å². The van der Waals surface area contributed by atoms with Crippen molar-refractivity contribution in [2.24, 2.45) is 0 Å². The quantitative estimate of drug-likeness (QED) is 0.162. The van der Waals surface area contributed by atoms with Crippen LogP contribution in [0.2, 0.25) is 0 Å². The highest BCUT2D eigenvalue weighted by molar-refractivity contribution is 7.61. The number of ether oxygens (including phenoxy) is 3. The molecular weight excluding hydrogens is 654 g/mol. The van der Waals surface area contributed by atoms with Crippen LogP contribution in [0.4, 0.5) is 21.0 Å². The summed E-state index contributed by atoms with van der Waals surface area (Å²) in [6.45, 7) is 0.370. The molecule has 1 fully saturated rings. The van der Waals surface area contributed by atoms with Gasteiger partial charge in [0.15, 0.2) is 18.4 Å². The average molecular weight is 684 g/mol. The number of aromatic amines is 1. The Kier molecular flexibility index (Phi) is 11.7. The number of amides is 2. The van der Waals surface area contributed by atoms with E-state index < -0.39 is 70.2 Å². The molecule has 1 aromatic heterocycles. The van der Waals surface area contributed by atoms with Crippen molar-refractivity contribution in [3.8, 4) is 0 Å². The van der Waals surface area contributed by atoms with Gasteiger partial charge in [-0.25, -0.2) is 23.5 Å². The molecule has 3 unspecified atom stereocenters. The minimum atomic E-state index is -5.33. The maximum atomic E-state index is 13.0. The third-order valence-electron chi connectivity index (χ3n) is 6.00. The van der Waals surface area contributed by atoms with Gasteiger partial charge < -0.3 is 24.0 Å². The number of phosphoric ester groups is 2. The molecule has 248 valence electrons. The van der Waals surface area contributed by atoms with E-state index in [0.29, 0.717) is 11.4 Å². The van der Waals surface area contributed by atoms with E-state index in [0.717, 1.165) is 16.8 Å². The summed E-state index contributed by atoms with van der Waals surface area (Å²) >= 11 is 0. The van der Waals surface area contributed by atoms with E-state index in [4.69, 9.17) is 18.7 Å². The second-order valence-electron chi connectivity index (χ2n) is 9.45. The van der Waals surface area contributed by atoms with Crippen LogP contribution in [-0.2, 0) is 36.7 Å². The summed E-state index contributed by atoms with van der Waals surface area (Å²) in [4.78, 5) is 72.3. The van der Waals surface area contributed by atoms with Crippen molar-refractivity contribution < 1.29 is 56.1 Å². The van der Waals surface area contributed by atoms with Crippen molar-refractivity contribution in [1.82, 2.24) is 9.55 Å². The van der Waals surface area contributed by atoms with Crippen LogP contribution in [0.5, 0.6) is 0 Å². The molecule has 1 aliphatic heterocycles. The molecule has 46 heavy (non-hydrogen) atoms. The van der Waals surface area contributed by atoms with Gasteiger partial charge in [0, 0.05) is 23.6 Å². The summed E-state index contributed by atoms with van der Waals surface area (Å²) in [7, 11) is -10.4. The van der Waals surface area contributed by atoms with Gasteiger partial charge in [0.2, 0.25) is 0 Å². The summed E-state index contributed by atoms with van der Waals surface area (Å²) in [5.74, 6) is 0. The van der Waals surface area contributed by atoms with E-state index in [-0.39, 0.29) is 13.0 Å². The summed E-state index contributed by atoms with van der Waals surface area (Å²) < 4.78 is 56.1. The lowest BCUT2D eigenvalue weighted by Crippen LogP contribution is -2.44. The summed E-state index contributed by atoms with van der Waals surface area (Å²) in [6, 6.07) is 17.1. The maximum absolute atomic E-state index is 13.0. The highest BCUT2D eigenvalue weighted by atomic mass is 31.3. The number of phosphoric acid groups is 2. The number of aromatic nitrogens is 2. The van der Waals surface area contributed by atoms with Gasteiger partial charge in [-0.3, -0.25) is 34.0 Å². The number of carbonyl (C=O) groups excluding carboxylic acids is 2. The van der Waals surface area contributed by atoms with E-state index in [9.17, 15) is 38.1 Å². The average Bonchev–Trinajstić information content (AvgIpc) is 3.31. The van der Waals surface area contributed by atoms with Crippen LogP contribution in [-0.4, -0.2) is 63.1 Å². The minimum Gasteiger partial charge on any atom is -0.439 e. The predicted molar refractivity (Wildman–Crippen MR) is 159 cm³/mol. The van der Waals surface area contributed by atoms with E-state index in [1.807, 2.05) is 4.98 Å². The monoisotopic (exact) mass is 684 g/mol. The fourth-order valence-electron chi connectivity index (χ4n) is 4.10. The molecule has 0 bridgehead atoms. The van der Waals surface area contributed by atoms with Gasteiger partial charge in [-0.15, -0.1) is 0 Å². The minimum absolute atomic E-state index is 0.272. The van der Waals surface area contributed by atoms with Crippen molar-refractivity contribution in [2.75, 3.05) is 23.8 Å². The third kappa shape index (κ3) is 9.94. The standard InChI is InChI=1S/C26H30N4O14P2/c1-2-15-39-45(35,36)44-46(37,38)40-16-19-21(42-25(33)27-17-9-5-3-6-10-17)22(43-26(34)28-18-11-7-4-8-12-18)23(41-19)30-14-13-20(31)29-24(30)32/h3-14,19,21-23H,2,15-16H2,1H3,(H,27,33)(H,28,34)(H,35,36)(H,37,38)(H,29,31,32)/t19-,21+,22?,23-/m1/s1. The number of nitrogens with zero attached hydrogens (tertiary/aromatic N) is 1. The van der Waals surface area contributed by atoms with E-state index in [1.54, 1.807) is 67.6 Å². The van der Waals surface area contributed by atoms with Gasteiger partial charge in [-0.05, 0) is 30.7 Å². The maximum Gasteiger partial charge on any atom is 0.481 e. The number of carbonyl (C=O) groups is 2. The first kappa shape index (κ1) is 34.7. The van der Waals surface area contributed by atoms with Crippen LogP contribution in [0, 0.1) is 0 Å². The lowest BCUT2D eigenvalue weighted by Gasteiger charge is -2.25. The van der Waals surface area contributed by atoms with Crippen molar-refractivity contribution in [2.45, 2.75) is 37.9 Å². The largest absolute Gasteiger partial charge is 0.481 e. The zero-order valence-electron chi connectivity index (χ0n) is 24.0. The zero-order chi connectivity index (χ0) is 33.3. The number of para-hydroxylation sites is 2. The normalized spacial score (nSPS) is 21.8. The smallest absolute Gasteiger partial charge is 0.439 e. The van der Waals surface area contributed by atoms with E-state index in [1.165, 1.54) is 0 Å².